The highest BCUT2D eigenvalue weighted by molar-refractivity contribution is 5.61. The summed E-state index contributed by atoms with van der Waals surface area (Å²) in [6, 6.07) is 3.95. The van der Waals surface area contributed by atoms with E-state index in [9.17, 15) is 5.11 Å². The van der Waals surface area contributed by atoms with Gasteiger partial charge in [-0.2, -0.15) is 4.98 Å². The Labute approximate surface area is 200 Å². The molecule has 0 amide bonds. The van der Waals surface area contributed by atoms with Crippen LogP contribution in [0.25, 0.3) is 5.65 Å². The highest BCUT2D eigenvalue weighted by Gasteiger charge is 2.20. The normalized spacial score (nSPS) is 12.0. The van der Waals surface area contributed by atoms with E-state index in [1.54, 1.807) is 24.9 Å². The van der Waals surface area contributed by atoms with Crippen molar-refractivity contribution in [2.24, 2.45) is 0 Å². The van der Waals surface area contributed by atoms with E-state index < -0.39 is 0 Å². The number of imidazole rings is 1. The Hall–Kier alpha value is -3.27. The topological polar surface area (TPSA) is 126 Å². The number of hydrogen-bond donors (Lipinski definition) is 2. The highest BCUT2D eigenvalue weighted by Crippen LogP contribution is 2.41. The number of aliphatic hydroxyl groups is 1. The SMILES string of the molecule is CCCCOc1c(OC)ccc(Cc2cnc3c(N)nc(OC(CCC)CCO)nn23)c1OC. The van der Waals surface area contributed by atoms with Crippen molar-refractivity contribution in [2.75, 3.05) is 33.2 Å². The quantitative estimate of drug-likeness (QED) is 0.339. The van der Waals surface area contributed by atoms with E-state index in [1.165, 1.54) is 0 Å². The van der Waals surface area contributed by atoms with Crippen LogP contribution < -0.4 is 24.7 Å². The molecule has 0 spiro atoms. The van der Waals surface area contributed by atoms with E-state index in [2.05, 4.69) is 28.9 Å². The van der Waals surface area contributed by atoms with Crippen LogP contribution in [0.3, 0.4) is 0 Å². The summed E-state index contributed by atoms with van der Waals surface area (Å²) in [7, 11) is 3.22. The molecule has 1 atom stereocenters. The molecule has 0 aliphatic carbocycles. The number of rotatable bonds is 14. The fourth-order valence-corrected chi connectivity index (χ4v) is 3.74. The zero-order valence-electron chi connectivity index (χ0n) is 20.4. The lowest BCUT2D eigenvalue weighted by atomic mass is 10.1. The number of nitrogen functional groups attached to an aromatic ring is 1. The van der Waals surface area contributed by atoms with Gasteiger partial charge in [0.25, 0.3) is 0 Å². The standard InChI is InChI=1S/C24H35N5O5/c1-5-7-13-33-21-19(31-3)10-9-16(20(21)32-4)14-17-15-26-23-22(25)27-24(28-29(17)23)34-18(8-6-2)11-12-30/h9-10,15,18,30H,5-8,11-14H2,1-4H3,(H2,25,27,28). The predicted octanol–water partition coefficient (Wildman–Crippen LogP) is 3.42. The first-order valence-electron chi connectivity index (χ1n) is 11.7. The van der Waals surface area contributed by atoms with Crippen LogP contribution >= 0.6 is 0 Å². The number of benzene rings is 1. The molecule has 3 rings (SSSR count). The molecule has 3 aromatic rings. The monoisotopic (exact) mass is 473 g/mol. The zero-order valence-corrected chi connectivity index (χ0v) is 20.4. The zero-order chi connectivity index (χ0) is 24.5. The van der Waals surface area contributed by atoms with Crippen molar-refractivity contribution in [1.82, 2.24) is 19.6 Å². The minimum Gasteiger partial charge on any atom is -0.493 e. The summed E-state index contributed by atoms with van der Waals surface area (Å²) in [5.74, 6) is 2.02. The number of aromatic nitrogens is 4. The molecule has 3 N–H and O–H groups in total. The van der Waals surface area contributed by atoms with Gasteiger partial charge in [0.2, 0.25) is 5.75 Å². The summed E-state index contributed by atoms with van der Waals surface area (Å²) in [4.78, 5) is 8.66. The average molecular weight is 474 g/mol. The predicted molar refractivity (Wildman–Crippen MR) is 129 cm³/mol. The molecule has 0 aliphatic rings. The summed E-state index contributed by atoms with van der Waals surface area (Å²) in [5.41, 5.74) is 8.27. The lowest BCUT2D eigenvalue weighted by Crippen LogP contribution is -2.20. The largest absolute Gasteiger partial charge is 0.493 e. The average Bonchev–Trinajstić information content (AvgIpc) is 3.23. The highest BCUT2D eigenvalue weighted by atomic mass is 16.5. The second-order valence-corrected chi connectivity index (χ2v) is 7.97. The number of unbranched alkanes of at least 4 members (excludes halogenated alkanes) is 1. The van der Waals surface area contributed by atoms with Gasteiger partial charge >= 0.3 is 6.01 Å². The lowest BCUT2D eigenvalue weighted by molar-refractivity contribution is 0.133. The minimum atomic E-state index is -0.191. The van der Waals surface area contributed by atoms with E-state index in [0.717, 1.165) is 36.9 Å². The number of aliphatic hydroxyl groups excluding tert-OH is 1. The van der Waals surface area contributed by atoms with Crippen molar-refractivity contribution in [3.05, 3.63) is 29.6 Å². The maximum atomic E-state index is 9.33. The van der Waals surface area contributed by atoms with Crippen LogP contribution in [0.1, 0.15) is 57.2 Å². The lowest BCUT2D eigenvalue weighted by Gasteiger charge is -2.18. The molecule has 34 heavy (non-hydrogen) atoms. The van der Waals surface area contributed by atoms with E-state index >= 15 is 0 Å². The molecule has 0 fully saturated rings. The summed E-state index contributed by atoms with van der Waals surface area (Å²) in [6.45, 7) is 4.76. The summed E-state index contributed by atoms with van der Waals surface area (Å²) >= 11 is 0. The number of nitrogens with two attached hydrogens (primary N) is 1. The minimum absolute atomic E-state index is 0.0264. The van der Waals surface area contributed by atoms with Crippen molar-refractivity contribution in [2.45, 2.75) is 58.5 Å². The molecule has 1 aromatic carbocycles. The van der Waals surface area contributed by atoms with Crippen molar-refractivity contribution in [1.29, 1.82) is 0 Å². The van der Waals surface area contributed by atoms with Gasteiger partial charge in [-0.15, -0.1) is 5.10 Å². The molecular weight excluding hydrogens is 438 g/mol. The van der Waals surface area contributed by atoms with Gasteiger partial charge in [-0.3, -0.25) is 0 Å². The molecule has 0 radical (unpaired) electrons. The Balaban J connectivity index is 1.95. The van der Waals surface area contributed by atoms with Gasteiger partial charge in [0.1, 0.15) is 6.10 Å². The summed E-state index contributed by atoms with van der Waals surface area (Å²) in [6.07, 6.45) is 6.12. The Morgan fingerprint density at radius 2 is 1.91 bits per heavy atom. The fraction of sp³-hybridized carbons (Fsp3) is 0.542. The van der Waals surface area contributed by atoms with Crippen LogP contribution in [0.5, 0.6) is 23.3 Å². The van der Waals surface area contributed by atoms with Crippen LogP contribution in [0.4, 0.5) is 5.82 Å². The molecular formula is C24H35N5O5. The van der Waals surface area contributed by atoms with E-state index in [1.807, 2.05) is 12.1 Å². The van der Waals surface area contributed by atoms with Gasteiger partial charge in [-0.25, -0.2) is 9.50 Å². The third-order valence-electron chi connectivity index (χ3n) is 5.47. The van der Waals surface area contributed by atoms with Crippen LogP contribution in [0, 0.1) is 0 Å². The molecule has 0 saturated heterocycles. The second-order valence-electron chi connectivity index (χ2n) is 7.97. The van der Waals surface area contributed by atoms with Gasteiger partial charge in [0.05, 0.1) is 32.7 Å². The van der Waals surface area contributed by atoms with Gasteiger partial charge in [-0.05, 0) is 18.9 Å². The molecule has 2 heterocycles. The van der Waals surface area contributed by atoms with E-state index in [-0.39, 0.29) is 24.5 Å². The van der Waals surface area contributed by atoms with Gasteiger partial charge in [0, 0.05) is 25.0 Å². The molecule has 186 valence electrons. The molecule has 1 unspecified atom stereocenters. The number of anilines is 1. The van der Waals surface area contributed by atoms with Gasteiger partial charge in [-0.1, -0.05) is 32.8 Å². The first kappa shape index (κ1) is 25.4. The number of hydrogen-bond acceptors (Lipinski definition) is 9. The molecule has 0 saturated carbocycles. The van der Waals surface area contributed by atoms with Gasteiger partial charge in [0.15, 0.2) is 23.0 Å². The van der Waals surface area contributed by atoms with E-state index in [0.29, 0.717) is 42.3 Å². The summed E-state index contributed by atoms with van der Waals surface area (Å²) in [5, 5.41) is 13.9. The molecule has 10 heteroatoms. The maximum absolute atomic E-state index is 9.33. The van der Waals surface area contributed by atoms with Crippen molar-refractivity contribution in [3.63, 3.8) is 0 Å². The fourth-order valence-electron chi connectivity index (χ4n) is 3.74. The third kappa shape index (κ3) is 5.80. The first-order chi connectivity index (χ1) is 16.6. The van der Waals surface area contributed by atoms with Crippen molar-refractivity contribution in [3.8, 4) is 23.3 Å². The molecule has 0 bridgehead atoms. The number of nitrogens with zero attached hydrogens (tertiary/aromatic N) is 4. The third-order valence-corrected chi connectivity index (χ3v) is 5.47. The second kappa shape index (κ2) is 12.3. The van der Waals surface area contributed by atoms with Crippen molar-refractivity contribution < 1.29 is 24.1 Å². The van der Waals surface area contributed by atoms with Crippen LogP contribution in [-0.4, -0.2) is 58.2 Å². The molecule has 10 nitrogen and oxygen atoms in total. The van der Waals surface area contributed by atoms with Crippen LogP contribution in [0.2, 0.25) is 0 Å². The molecule has 2 aromatic heterocycles. The Morgan fingerprint density at radius 3 is 2.59 bits per heavy atom. The first-order valence-corrected chi connectivity index (χ1v) is 11.7. The Morgan fingerprint density at radius 1 is 1.09 bits per heavy atom. The van der Waals surface area contributed by atoms with Crippen molar-refractivity contribution >= 4 is 11.5 Å². The smallest absolute Gasteiger partial charge is 0.336 e. The number of ether oxygens (including phenoxy) is 4. The van der Waals surface area contributed by atoms with Gasteiger partial charge < -0.3 is 29.8 Å². The van der Waals surface area contributed by atoms with Crippen LogP contribution in [0.15, 0.2) is 18.3 Å². The maximum Gasteiger partial charge on any atom is 0.336 e. The number of fused-ring (bicyclic) bond motifs is 1. The van der Waals surface area contributed by atoms with E-state index in [4.69, 9.17) is 24.7 Å². The van der Waals surface area contributed by atoms with Crippen LogP contribution in [-0.2, 0) is 6.42 Å². The number of methoxy groups -OCH3 is 2. The molecule has 0 aliphatic heterocycles. The Bertz CT molecular complexity index is 1070. The summed E-state index contributed by atoms with van der Waals surface area (Å²) < 4.78 is 24.8. The Kier molecular flexibility index (Phi) is 9.15.